The second-order valence-corrected chi connectivity index (χ2v) is 7.12. The lowest BCUT2D eigenvalue weighted by molar-refractivity contribution is 0.0773. The van der Waals surface area contributed by atoms with Crippen LogP contribution < -0.4 is 10.1 Å². The maximum atomic E-state index is 12.6. The smallest absolute Gasteiger partial charge is 0.255 e. The first-order chi connectivity index (χ1) is 15.1. The number of nitrogens with zero attached hydrogens (tertiary/aromatic N) is 1. The van der Waals surface area contributed by atoms with E-state index >= 15 is 0 Å². The van der Waals surface area contributed by atoms with Crippen molar-refractivity contribution in [3.05, 3.63) is 95.6 Å². The van der Waals surface area contributed by atoms with E-state index in [0.29, 0.717) is 42.3 Å². The van der Waals surface area contributed by atoms with E-state index in [-0.39, 0.29) is 11.8 Å². The van der Waals surface area contributed by atoms with Gasteiger partial charge in [0.15, 0.2) is 0 Å². The monoisotopic (exact) mass is 416 g/mol. The van der Waals surface area contributed by atoms with Gasteiger partial charge in [-0.3, -0.25) is 9.59 Å². The first-order valence-corrected chi connectivity index (χ1v) is 10.6. The quantitative estimate of drug-likeness (QED) is 0.531. The molecule has 0 saturated heterocycles. The van der Waals surface area contributed by atoms with Gasteiger partial charge in [-0.15, -0.1) is 0 Å². The fraction of sp³-hybridized carbons (Fsp3) is 0.231. The molecule has 0 atom stereocenters. The van der Waals surface area contributed by atoms with Crippen LogP contribution in [0.1, 0.15) is 40.1 Å². The molecule has 3 aromatic rings. The molecule has 0 aliphatic carbocycles. The standard InChI is InChI=1S/C26H28N2O3/c1-3-28(4-2)26(30)21-13-15-23(16-14-21)27-25(29)22-11-8-12-24(19-22)31-18-17-20-9-6-5-7-10-20/h5-16,19H,3-4,17-18H2,1-2H3,(H,27,29). The average molecular weight is 417 g/mol. The predicted molar refractivity (Wildman–Crippen MR) is 124 cm³/mol. The molecule has 0 fully saturated rings. The summed E-state index contributed by atoms with van der Waals surface area (Å²) in [6.07, 6.45) is 0.801. The van der Waals surface area contributed by atoms with E-state index in [1.807, 2.05) is 38.1 Å². The van der Waals surface area contributed by atoms with Gasteiger partial charge in [0.2, 0.25) is 0 Å². The van der Waals surface area contributed by atoms with E-state index in [1.165, 1.54) is 5.56 Å². The van der Waals surface area contributed by atoms with E-state index in [0.717, 1.165) is 6.42 Å². The van der Waals surface area contributed by atoms with Crippen molar-refractivity contribution < 1.29 is 14.3 Å². The van der Waals surface area contributed by atoms with Crippen molar-refractivity contribution in [2.45, 2.75) is 20.3 Å². The minimum Gasteiger partial charge on any atom is -0.493 e. The zero-order chi connectivity index (χ0) is 22.1. The Labute approximate surface area is 183 Å². The van der Waals surface area contributed by atoms with Crippen molar-refractivity contribution in [2.75, 3.05) is 25.0 Å². The first-order valence-electron chi connectivity index (χ1n) is 10.6. The fourth-order valence-electron chi connectivity index (χ4n) is 3.25. The summed E-state index contributed by atoms with van der Waals surface area (Å²) >= 11 is 0. The summed E-state index contributed by atoms with van der Waals surface area (Å²) in [5, 5.41) is 2.87. The normalized spacial score (nSPS) is 10.4. The Balaban J connectivity index is 1.57. The number of carbonyl (C=O) groups excluding carboxylic acids is 2. The number of anilines is 1. The summed E-state index contributed by atoms with van der Waals surface area (Å²) in [5.74, 6) is 0.420. The zero-order valence-corrected chi connectivity index (χ0v) is 18.0. The second kappa shape index (κ2) is 11.0. The molecule has 5 heteroatoms. The van der Waals surface area contributed by atoms with Gasteiger partial charge in [-0.25, -0.2) is 0 Å². The largest absolute Gasteiger partial charge is 0.493 e. The van der Waals surface area contributed by atoms with Crippen LogP contribution in [-0.4, -0.2) is 36.4 Å². The summed E-state index contributed by atoms with van der Waals surface area (Å²) in [4.78, 5) is 26.8. The van der Waals surface area contributed by atoms with Crippen LogP contribution in [0.15, 0.2) is 78.9 Å². The number of amides is 2. The minimum atomic E-state index is -0.226. The van der Waals surface area contributed by atoms with Crippen molar-refractivity contribution in [3.8, 4) is 5.75 Å². The molecule has 0 bridgehead atoms. The van der Waals surface area contributed by atoms with Crippen LogP contribution in [0, 0.1) is 0 Å². The van der Waals surface area contributed by atoms with E-state index in [4.69, 9.17) is 4.74 Å². The predicted octanol–water partition coefficient (Wildman–Crippen LogP) is 5.04. The van der Waals surface area contributed by atoms with E-state index in [2.05, 4.69) is 17.4 Å². The SMILES string of the molecule is CCN(CC)C(=O)c1ccc(NC(=O)c2cccc(OCCc3ccccc3)c2)cc1. The molecule has 0 radical (unpaired) electrons. The summed E-state index contributed by atoms with van der Waals surface area (Å²) in [5.41, 5.74) is 2.96. The van der Waals surface area contributed by atoms with Gasteiger partial charge in [0.25, 0.3) is 11.8 Å². The third-order valence-electron chi connectivity index (χ3n) is 5.04. The highest BCUT2D eigenvalue weighted by Crippen LogP contribution is 2.17. The van der Waals surface area contributed by atoms with Crippen LogP contribution >= 0.6 is 0 Å². The number of hydrogen-bond acceptors (Lipinski definition) is 3. The molecule has 0 spiro atoms. The molecule has 3 rings (SSSR count). The molecule has 0 aliphatic heterocycles. The van der Waals surface area contributed by atoms with Gasteiger partial charge in [-0.1, -0.05) is 36.4 Å². The molecule has 3 aromatic carbocycles. The molecule has 0 heterocycles. The minimum absolute atomic E-state index is 0.0109. The maximum absolute atomic E-state index is 12.6. The fourth-order valence-corrected chi connectivity index (χ4v) is 3.25. The number of hydrogen-bond donors (Lipinski definition) is 1. The van der Waals surface area contributed by atoms with Crippen LogP contribution in [0.25, 0.3) is 0 Å². The third kappa shape index (κ3) is 6.19. The Kier molecular flexibility index (Phi) is 7.82. The lowest BCUT2D eigenvalue weighted by atomic mass is 10.1. The summed E-state index contributed by atoms with van der Waals surface area (Å²) in [6, 6.07) is 24.2. The third-order valence-corrected chi connectivity index (χ3v) is 5.04. The van der Waals surface area contributed by atoms with Gasteiger partial charge in [0.1, 0.15) is 5.75 Å². The molecule has 1 N–H and O–H groups in total. The molecule has 31 heavy (non-hydrogen) atoms. The maximum Gasteiger partial charge on any atom is 0.255 e. The molecule has 0 aromatic heterocycles. The van der Waals surface area contributed by atoms with Gasteiger partial charge >= 0.3 is 0 Å². The average Bonchev–Trinajstić information content (AvgIpc) is 2.81. The second-order valence-electron chi connectivity index (χ2n) is 7.12. The molecule has 160 valence electrons. The molecular weight excluding hydrogens is 388 g/mol. The number of benzene rings is 3. The van der Waals surface area contributed by atoms with Gasteiger partial charge in [-0.2, -0.15) is 0 Å². The van der Waals surface area contributed by atoms with E-state index in [1.54, 1.807) is 47.4 Å². The summed E-state index contributed by atoms with van der Waals surface area (Å²) < 4.78 is 5.81. The Morgan fingerprint density at radius 2 is 1.55 bits per heavy atom. The summed E-state index contributed by atoms with van der Waals surface area (Å²) in [7, 11) is 0. The Morgan fingerprint density at radius 3 is 2.23 bits per heavy atom. The highest BCUT2D eigenvalue weighted by molar-refractivity contribution is 6.04. The topological polar surface area (TPSA) is 58.6 Å². The highest BCUT2D eigenvalue weighted by atomic mass is 16.5. The Bertz CT molecular complexity index is 997. The van der Waals surface area contributed by atoms with Crippen molar-refractivity contribution in [1.82, 2.24) is 4.90 Å². The van der Waals surface area contributed by atoms with Crippen molar-refractivity contribution in [1.29, 1.82) is 0 Å². The van der Waals surface area contributed by atoms with Gasteiger partial charge in [0.05, 0.1) is 6.61 Å². The highest BCUT2D eigenvalue weighted by Gasteiger charge is 2.13. The van der Waals surface area contributed by atoms with E-state index in [9.17, 15) is 9.59 Å². The molecule has 5 nitrogen and oxygen atoms in total. The number of ether oxygens (including phenoxy) is 1. The van der Waals surface area contributed by atoms with Crippen LogP contribution in [0.3, 0.4) is 0 Å². The number of rotatable bonds is 9. The molecule has 0 aliphatic rings. The van der Waals surface area contributed by atoms with Crippen molar-refractivity contribution in [2.24, 2.45) is 0 Å². The van der Waals surface area contributed by atoms with Crippen molar-refractivity contribution in [3.63, 3.8) is 0 Å². The van der Waals surface area contributed by atoms with Crippen LogP contribution in [0.5, 0.6) is 5.75 Å². The number of carbonyl (C=O) groups is 2. The van der Waals surface area contributed by atoms with Gasteiger partial charge in [0, 0.05) is 36.3 Å². The Hall–Kier alpha value is -3.60. The number of nitrogens with one attached hydrogen (secondary N) is 1. The van der Waals surface area contributed by atoms with Crippen molar-refractivity contribution >= 4 is 17.5 Å². The lowest BCUT2D eigenvalue weighted by Crippen LogP contribution is -2.30. The molecule has 2 amide bonds. The molecule has 0 saturated carbocycles. The lowest BCUT2D eigenvalue weighted by Gasteiger charge is -2.18. The first kappa shape index (κ1) is 22.1. The van der Waals surface area contributed by atoms with Crippen LogP contribution in [0.4, 0.5) is 5.69 Å². The Morgan fingerprint density at radius 1 is 0.839 bits per heavy atom. The molecule has 0 unspecified atom stereocenters. The zero-order valence-electron chi connectivity index (χ0n) is 18.0. The van der Waals surface area contributed by atoms with Gasteiger partial charge < -0.3 is 15.0 Å². The van der Waals surface area contributed by atoms with E-state index < -0.39 is 0 Å². The van der Waals surface area contributed by atoms with Gasteiger partial charge in [-0.05, 0) is 61.9 Å². The molecular formula is C26H28N2O3. The van der Waals surface area contributed by atoms with Crippen LogP contribution in [-0.2, 0) is 6.42 Å². The summed E-state index contributed by atoms with van der Waals surface area (Å²) in [6.45, 7) is 5.78. The van der Waals surface area contributed by atoms with Crippen LogP contribution in [0.2, 0.25) is 0 Å².